The van der Waals surface area contributed by atoms with Crippen LogP contribution in [-0.4, -0.2) is 23.7 Å². The van der Waals surface area contributed by atoms with Crippen LogP contribution in [0.2, 0.25) is 0 Å². The lowest BCUT2D eigenvalue weighted by molar-refractivity contribution is 0.0976. The van der Waals surface area contributed by atoms with Crippen molar-refractivity contribution in [2.24, 2.45) is 0 Å². The molecule has 5 heteroatoms. The molecule has 1 aromatic rings. The Hall–Kier alpha value is -1.62. The number of hydrogen-bond donors (Lipinski definition) is 2. The van der Waals surface area contributed by atoms with E-state index in [4.69, 9.17) is 17.0 Å². The first-order valence-electron chi connectivity index (χ1n) is 13.4. The van der Waals surface area contributed by atoms with Crippen LogP contribution in [0.25, 0.3) is 0 Å². The van der Waals surface area contributed by atoms with Crippen molar-refractivity contribution in [1.82, 2.24) is 10.6 Å². The first-order chi connectivity index (χ1) is 16.1. The fourth-order valence-electron chi connectivity index (χ4n) is 3.77. The maximum atomic E-state index is 12.4. The van der Waals surface area contributed by atoms with Gasteiger partial charge in [-0.1, -0.05) is 103 Å². The Balaban J connectivity index is 2.01. The van der Waals surface area contributed by atoms with Gasteiger partial charge in [-0.05, 0) is 50.2 Å². The molecule has 1 atom stereocenters. The van der Waals surface area contributed by atoms with E-state index in [1.165, 1.54) is 83.5 Å². The molecule has 0 aromatic heterocycles. The number of unbranched alkanes of at least 4 members (excludes halogenated alkanes) is 13. The van der Waals surface area contributed by atoms with Crippen molar-refractivity contribution in [3.8, 4) is 5.75 Å². The van der Waals surface area contributed by atoms with Gasteiger partial charge in [-0.2, -0.15) is 0 Å². The summed E-state index contributed by atoms with van der Waals surface area (Å²) in [5.41, 5.74) is 0.552. The lowest BCUT2D eigenvalue weighted by atomic mass is 10.0. The lowest BCUT2D eigenvalue weighted by Gasteiger charge is -2.14. The Kier molecular flexibility index (Phi) is 17.7. The van der Waals surface area contributed by atoms with Crippen LogP contribution in [0.5, 0.6) is 5.75 Å². The van der Waals surface area contributed by atoms with Crippen LogP contribution < -0.4 is 15.4 Å². The van der Waals surface area contributed by atoms with E-state index in [-0.39, 0.29) is 12.0 Å². The zero-order chi connectivity index (χ0) is 24.2. The van der Waals surface area contributed by atoms with Gasteiger partial charge in [0, 0.05) is 12.1 Å². The van der Waals surface area contributed by atoms with Gasteiger partial charge in [-0.15, -0.1) is 0 Å². The van der Waals surface area contributed by atoms with Crippen molar-refractivity contribution in [1.29, 1.82) is 0 Å². The van der Waals surface area contributed by atoms with Crippen molar-refractivity contribution >= 4 is 23.2 Å². The van der Waals surface area contributed by atoms with Gasteiger partial charge >= 0.3 is 0 Å². The van der Waals surface area contributed by atoms with Crippen LogP contribution in [0.4, 0.5) is 0 Å². The molecule has 4 nitrogen and oxygen atoms in total. The summed E-state index contributed by atoms with van der Waals surface area (Å²) >= 11 is 5.28. The summed E-state index contributed by atoms with van der Waals surface area (Å²) in [6.45, 7) is 7.17. The van der Waals surface area contributed by atoms with Crippen molar-refractivity contribution in [3.63, 3.8) is 0 Å². The third-order valence-corrected chi connectivity index (χ3v) is 6.30. The molecule has 0 bridgehead atoms. The van der Waals surface area contributed by atoms with E-state index in [9.17, 15) is 4.79 Å². The van der Waals surface area contributed by atoms with Gasteiger partial charge in [0.2, 0.25) is 0 Å². The normalized spacial score (nSPS) is 11.7. The number of ether oxygens (including phenoxy) is 1. The molecule has 0 fully saturated rings. The highest BCUT2D eigenvalue weighted by Gasteiger charge is 2.10. The first kappa shape index (κ1) is 29.4. The highest BCUT2D eigenvalue weighted by Crippen LogP contribution is 2.16. The predicted octanol–water partition coefficient (Wildman–Crippen LogP) is 7.95. The molecule has 1 amide bonds. The van der Waals surface area contributed by atoms with Gasteiger partial charge in [0.15, 0.2) is 5.11 Å². The molecule has 1 rings (SSSR count). The topological polar surface area (TPSA) is 50.4 Å². The van der Waals surface area contributed by atoms with Crippen LogP contribution in [0, 0.1) is 0 Å². The number of rotatable bonds is 19. The van der Waals surface area contributed by atoms with Gasteiger partial charge in [0.05, 0.1) is 6.10 Å². The molecule has 1 unspecified atom stereocenters. The minimum atomic E-state index is -0.205. The molecule has 0 heterocycles. The minimum absolute atomic E-state index is 0.121. The quantitative estimate of drug-likeness (QED) is 0.157. The molecule has 0 radical (unpaired) electrons. The number of hydrogen-bond acceptors (Lipinski definition) is 3. The van der Waals surface area contributed by atoms with E-state index in [0.717, 1.165) is 19.4 Å². The standard InChI is InChI=1S/C28H48N2O2S/c1-4-6-7-8-9-10-11-12-13-14-15-16-17-18-22-29-28(33)30-27(31)25-20-19-21-26(23-25)32-24(3)5-2/h19-21,23-24H,4-18,22H2,1-3H3,(H2,29,30,31,33). The molecule has 0 spiro atoms. The van der Waals surface area contributed by atoms with E-state index >= 15 is 0 Å². The molecule has 0 aliphatic rings. The molecule has 0 aliphatic heterocycles. The van der Waals surface area contributed by atoms with E-state index in [0.29, 0.717) is 16.4 Å². The van der Waals surface area contributed by atoms with Crippen molar-refractivity contribution in [2.45, 2.75) is 123 Å². The van der Waals surface area contributed by atoms with E-state index < -0.39 is 0 Å². The highest BCUT2D eigenvalue weighted by atomic mass is 32.1. The van der Waals surface area contributed by atoms with Crippen LogP contribution in [-0.2, 0) is 0 Å². The summed E-state index contributed by atoms with van der Waals surface area (Å²) < 4.78 is 5.79. The SMILES string of the molecule is CCCCCCCCCCCCCCCCNC(=S)NC(=O)c1cccc(OC(C)CC)c1. The Labute approximate surface area is 208 Å². The second-order valence-electron chi connectivity index (χ2n) is 9.17. The van der Waals surface area contributed by atoms with Crippen LogP contribution in [0.1, 0.15) is 127 Å². The number of benzene rings is 1. The zero-order valence-electron chi connectivity index (χ0n) is 21.4. The van der Waals surface area contributed by atoms with Gasteiger partial charge in [-0.25, -0.2) is 0 Å². The maximum absolute atomic E-state index is 12.4. The summed E-state index contributed by atoms with van der Waals surface area (Å²) in [6, 6.07) is 7.24. The third kappa shape index (κ3) is 15.8. The van der Waals surface area contributed by atoms with Gasteiger partial charge in [0.1, 0.15) is 5.75 Å². The number of carbonyl (C=O) groups is 1. The van der Waals surface area contributed by atoms with E-state index in [1.807, 2.05) is 19.1 Å². The van der Waals surface area contributed by atoms with Crippen molar-refractivity contribution in [2.75, 3.05) is 6.54 Å². The average molecular weight is 477 g/mol. The fraction of sp³-hybridized carbons (Fsp3) is 0.714. The molecule has 1 aromatic carbocycles. The number of carbonyl (C=O) groups excluding carboxylic acids is 1. The second kappa shape index (κ2) is 19.8. The molecule has 0 saturated heterocycles. The second-order valence-corrected chi connectivity index (χ2v) is 9.58. The van der Waals surface area contributed by atoms with Crippen LogP contribution in [0.3, 0.4) is 0 Å². The maximum Gasteiger partial charge on any atom is 0.257 e. The Bertz CT molecular complexity index is 651. The van der Waals surface area contributed by atoms with Gasteiger partial charge in [-0.3, -0.25) is 10.1 Å². The number of nitrogens with one attached hydrogen (secondary N) is 2. The first-order valence-corrected chi connectivity index (χ1v) is 13.8. The van der Waals surface area contributed by atoms with Gasteiger partial charge in [0.25, 0.3) is 5.91 Å². The van der Waals surface area contributed by atoms with E-state index in [2.05, 4.69) is 24.5 Å². The fourth-order valence-corrected chi connectivity index (χ4v) is 3.96. The summed E-state index contributed by atoms with van der Waals surface area (Å²) in [5.74, 6) is 0.501. The Morgan fingerprint density at radius 2 is 1.42 bits per heavy atom. The molecule has 2 N–H and O–H groups in total. The number of thiocarbonyl (C=S) groups is 1. The van der Waals surface area contributed by atoms with Crippen LogP contribution in [0.15, 0.2) is 24.3 Å². The highest BCUT2D eigenvalue weighted by molar-refractivity contribution is 7.80. The Morgan fingerprint density at radius 1 is 0.879 bits per heavy atom. The molecule has 0 aliphatic carbocycles. The van der Waals surface area contributed by atoms with Crippen LogP contribution >= 0.6 is 12.2 Å². The lowest BCUT2D eigenvalue weighted by Crippen LogP contribution is -2.39. The summed E-state index contributed by atoms with van der Waals surface area (Å²) in [5, 5.41) is 6.31. The smallest absolute Gasteiger partial charge is 0.257 e. The van der Waals surface area contributed by atoms with Crippen molar-refractivity contribution in [3.05, 3.63) is 29.8 Å². The molecule has 33 heavy (non-hydrogen) atoms. The monoisotopic (exact) mass is 476 g/mol. The average Bonchev–Trinajstić information content (AvgIpc) is 2.81. The van der Waals surface area contributed by atoms with Crippen molar-refractivity contribution < 1.29 is 9.53 Å². The van der Waals surface area contributed by atoms with Gasteiger partial charge < -0.3 is 10.1 Å². The third-order valence-electron chi connectivity index (χ3n) is 6.05. The Morgan fingerprint density at radius 3 is 1.97 bits per heavy atom. The summed E-state index contributed by atoms with van der Waals surface area (Å²) in [7, 11) is 0. The number of amides is 1. The predicted molar refractivity (Wildman–Crippen MR) is 145 cm³/mol. The largest absolute Gasteiger partial charge is 0.491 e. The molecule has 0 saturated carbocycles. The zero-order valence-corrected chi connectivity index (χ0v) is 22.2. The summed E-state index contributed by atoms with van der Waals surface area (Å²) in [6.07, 6.45) is 19.9. The molecular weight excluding hydrogens is 428 g/mol. The minimum Gasteiger partial charge on any atom is -0.491 e. The molecule has 188 valence electrons. The molecular formula is C28H48N2O2S. The summed E-state index contributed by atoms with van der Waals surface area (Å²) in [4.78, 5) is 12.4. The van der Waals surface area contributed by atoms with E-state index in [1.54, 1.807) is 12.1 Å².